The lowest BCUT2D eigenvalue weighted by molar-refractivity contribution is -0.119. The standard InChI is InChI=1S/C15H16Cl2N4O2/c1-10(15(18)23)14(11-2-3-12(16)13(17)8-11)19-21-6-4-20(9-22)5-7-21/h2-3,8-9H,1,4-7H2,(H2,18,23)/b19-14+. The highest BCUT2D eigenvalue weighted by atomic mass is 35.5. The van der Waals surface area contributed by atoms with E-state index in [1.165, 1.54) is 0 Å². The van der Waals surface area contributed by atoms with Gasteiger partial charge < -0.3 is 10.6 Å². The minimum absolute atomic E-state index is 0.0845. The number of hydrazone groups is 1. The van der Waals surface area contributed by atoms with E-state index in [1.54, 1.807) is 28.1 Å². The SMILES string of the molecule is C=C(C(N)=O)/C(=N\N1CCN(C=O)CC1)c1ccc(Cl)c(Cl)c1. The van der Waals surface area contributed by atoms with Crippen LogP contribution >= 0.6 is 23.2 Å². The molecule has 6 nitrogen and oxygen atoms in total. The van der Waals surface area contributed by atoms with Gasteiger partial charge in [0.05, 0.1) is 28.7 Å². The molecule has 0 spiro atoms. The normalized spacial score (nSPS) is 15.5. The minimum atomic E-state index is -0.665. The number of benzene rings is 1. The van der Waals surface area contributed by atoms with E-state index in [9.17, 15) is 9.59 Å². The van der Waals surface area contributed by atoms with Gasteiger partial charge in [-0.05, 0) is 12.1 Å². The predicted molar refractivity (Wildman–Crippen MR) is 90.5 cm³/mol. The second kappa shape index (κ2) is 7.48. The van der Waals surface area contributed by atoms with Gasteiger partial charge in [-0.1, -0.05) is 35.8 Å². The van der Waals surface area contributed by atoms with Crippen LogP contribution in [0.1, 0.15) is 5.56 Å². The molecule has 1 aliphatic heterocycles. The lowest BCUT2D eigenvalue weighted by Crippen LogP contribution is -2.43. The molecule has 1 heterocycles. The van der Waals surface area contributed by atoms with Gasteiger partial charge in [-0.25, -0.2) is 0 Å². The number of nitrogens with two attached hydrogens (primary N) is 1. The summed E-state index contributed by atoms with van der Waals surface area (Å²) < 4.78 is 0. The van der Waals surface area contributed by atoms with Crippen molar-refractivity contribution < 1.29 is 9.59 Å². The lowest BCUT2D eigenvalue weighted by Gasteiger charge is -2.31. The zero-order chi connectivity index (χ0) is 17.0. The Morgan fingerprint density at radius 3 is 2.39 bits per heavy atom. The molecule has 1 aromatic carbocycles. The van der Waals surface area contributed by atoms with Crippen molar-refractivity contribution in [2.24, 2.45) is 10.8 Å². The van der Waals surface area contributed by atoms with Gasteiger partial charge >= 0.3 is 0 Å². The van der Waals surface area contributed by atoms with E-state index < -0.39 is 5.91 Å². The van der Waals surface area contributed by atoms with Gasteiger partial charge in [0.2, 0.25) is 12.3 Å². The van der Waals surface area contributed by atoms with Crippen LogP contribution in [0.3, 0.4) is 0 Å². The van der Waals surface area contributed by atoms with Crippen molar-refractivity contribution in [1.29, 1.82) is 0 Å². The minimum Gasteiger partial charge on any atom is -0.366 e. The van der Waals surface area contributed by atoms with Crippen molar-refractivity contribution >= 4 is 41.2 Å². The number of halogens is 2. The van der Waals surface area contributed by atoms with E-state index in [1.807, 2.05) is 0 Å². The quantitative estimate of drug-likeness (QED) is 0.494. The van der Waals surface area contributed by atoms with Crippen LogP contribution in [0, 0.1) is 0 Å². The molecule has 23 heavy (non-hydrogen) atoms. The monoisotopic (exact) mass is 354 g/mol. The number of primary amides is 1. The predicted octanol–water partition coefficient (Wildman–Crippen LogP) is 1.51. The molecule has 0 bridgehead atoms. The molecular weight excluding hydrogens is 339 g/mol. The molecule has 8 heteroatoms. The van der Waals surface area contributed by atoms with Crippen molar-refractivity contribution in [3.63, 3.8) is 0 Å². The van der Waals surface area contributed by atoms with Crippen LogP contribution in [0.4, 0.5) is 0 Å². The van der Waals surface area contributed by atoms with Crippen LogP contribution in [0.15, 0.2) is 35.5 Å². The van der Waals surface area contributed by atoms with Crippen LogP contribution in [0.2, 0.25) is 10.0 Å². The number of piperazine rings is 1. The average Bonchev–Trinajstić information content (AvgIpc) is 2.55. The molecule has 0 aromatic heterocycles. The number of carbonyl (C=O) groups excluding carboxylic acids is 2. The van der Waals surface area contributed by atoms with Crippen molar-refractivity contribution in [2.75, 3.05) is 26.2 Å². The summed E-state index contributed by atoms with van der Waals surface area (Å²) in [4.78, 5) is 23.9. The molecule has 1 aromatic rings. The maximum Gasteiger partial charge on any atom is 0.250 e. The van der Waals surface area contributed by atoms with Gasteiger partial charge in [-0.15, -0.1) is 0 Å². The van der Waals surface area contributed by atoms with Gasteiger partial charge in [0.15, 0.2) is 0 Å². The molecule has 0 atom stereocenters. The highest BCUT2D eigenvalue weighted by molar-refractivity contribution is 6.42. The smallest absolute Gasteiger partial charge is 0.250 e. The molecule has 2 N–H and O–H groups in total. The average molecular weight is 355 g/mol. The van der Waals surface area contributed by atoms with Crippen molar-refractivity contribution in [1.82, 2.24) is 9.91 Å². The zero-order valence-corrected chi connectivity index (χ0v) is 13.8. The molecular formula is C15H16Cl2N4O2. The fourth-order valence-corrected chi connectivity index (χ4v) is 2.41. The maximum atomic E-state index is 11.5. The van der Waals surface area contributed by atoms with Crippen LogP contribution in [-0.4, -0.2) is 54.1 Å². The number of hydrogen-bond donors (Lipinski definition) is 1. The Morgan fingerprint density at radius 2 is 1.87 bits per heavy atom. The van der Waals surface area contributed by atoms with E-state index in [0.29, 0.717) is 47.5 Å². The molecule has 0 aliphatic carbocycles. The first-order valence-corrected chi connectivity index (χ1v) is 7.65. The van der Waals surface area contributed by atoms with Crippen LogP contribution in [0.5, 0.6) is 0 Å². The highest BCUT2D eigenvalue weighted by Crippen LogP contribution is 2.24. The summed E-state index contributed by atoms with van der Waals surface area (Å²) in [5, 5.41) is 6.99. The second-order valence-electron chi connectivity index (χ2n) is 5.02. The lowest BCUT2D eigenvalue weighted by atomic mass is 10.0. The van der Waals surface area contributed by atoms with Crippen LogP contribution in [-0.2, 0) is 9.59 Å². The van der Waals surface area contributed by atoms with Crippen molar-refractivity contribution in [3.05, 3.63) is 46.0 Å². The fourth-order valence-electron chi connectivity index (χ4n) is 2.11. The molecule has 122 valence electrons. The Balaban J connectivity index is 2.32. The Labute approximate surface area is 144 Å². The van der Waals surface area contributed by atoms with E-state index in [0.717, 1.165) is 6.41 Å². The summed E-state index contributed by atoms with van der Waals surface area (Å²) in [5.41, 5.74) is 6.37. The summed E-state index contributed by atoms with van der Waals surface area (Å²) in [6, 6.07) is 4.93. The first kappa shape index (κ1) is 17.3. The Kier molecular flexibility index (Phi) is 5.63. The summed E-state index contributed by atoms with van der Waals surface area (Å²) >= 11 is 11.9. The van der Waals surface area contributed by atoms with Gasteiger partial charge in [-0.2, -0.15) is 5.10 Å². The topological polar surface area (TPSA) is 79.0 Å². The molecule has 2 rings (SSSR count). The van der Waals surface area contributed by atoms with Gasteiger partial charge in [0.25, 0.3) is 0 Å². The van der Waals surface area contributed by atoms with Crippen molar-refractivity contribution in [2.45, 2.75) is 0 Å². The van der Waals surface area contributed by atoms with Gasteiger partial charge in [0, 0.05) is 18.7 Å². The third-order valence-corrected chi connectivity index (χ3v) is 4.20. The zero-order valence-electron chi connectivity index (χ0n) is 12.3. The summed E-state index contributed by atoms with van der Waals surface area (Å²) in [5.74, 6) is -0.665. The van der Waals surface area contributed by atoms with Crippen LogP contribution < -0.4 is 5.73 Å². The number of nitrogens with zero attached hydrogens (tertiary/aromatic N) is 3. The fraction of sp³-hybridized carbons (Fsp3) is 0.267. The summed E-state index contributed by atoms with van der Waals surface area (Å²) in [7, 11) is 0. The maximum absolute atomic E-state index is 11.5. The largest absolute Gasteiger partial charge is 0.366 e. The number of rotatable bonds is 5. The van der Waals surface area contributed by atoms with E-state index in [4.69, 9.17) is 28.9 Å². The van der Waals surface area contributed by atoms with E-state index in [2.05, 4.69) is 11.7 Å². The van der Waals surface area contributed by atoms with Gasteiger partial charge in [-0.3, -0.25) is 14.6 Å². The van der Waals surface area contributed by atoms with Crippen LogP contribution in [0.25, 0.3) is 0 Å². The second-order valence-corrected chi connectivity index (χ2v) is 5.83. The molecule has 0 saturated carbocycles. The molecule has 0 unspecified atom stereocenters. The first-order valence-electron chi connectivity index (χ1n) is 6.89. The van der Waals surface area contributed by atoms with E-state index in [-0.39, 0.29) is 5.57 Å². The molecule has 0 radical (unpaired) electrons. The first-order chi connectivity index (χ1) is 10.9. The molecule has 1 saturated heterocycles. The molecule has 1 fully saturated rings. The summed E-state index contributed by atoms with van der Waals surface area (Å²) in [6.07, 6.45) is 0.809. The molecule has 1 aliphatic rings. The Morgan fingerprint density at radius 1 is 1.22 bits per heavy atom. The Bertz CT molecular complexity index is 667. The number of carbonyl (C=O) groups is 2. The van der Waals surface area contributed by atoms with E-state index >= 15 is 0 Å². The van der Waals surface area contributed by atoms with Gasteiger partial charge in [0.1, 0.15) is 5.71 Å². The molecule has 2 amide bonds. The Hall–Kier alpha value is -2.05. The third-order valence-electron chi connectivity index (χ3n) is 3.46. The highest BCUT2D eigenvalue weighted by Gasteiger charge is 2.19. The summed E-state index contributed by atoms with van der Waals surface area (Å²) in [6.45, 7) is 5.93. The van der Waals surface area contributed by atoms with Crippen molar-refractivity contribution in [3.8, 4) is 0 Å². The number of hydrogen-bond acceptors (Lipinski definition) is 4. The third kappa shape index (κ3) is 4.24. The number of amides is 2.